The van der Waals surface area contributed by atoms with Gasteiger partial charge in [0.25, 0.3) is 5.91 Å². The van der Waals surface area contributed by atoms with Crippen molar-refractivity contribution in [1.82, 2.24) is 24.8 Å². The van der Waals surface area contributed by atoms with Crippen molar-refractivity contribution in [2.75, 3.05) is 11.3 Å². The second-order valence-electron chi connectivity index (χ2n) is 11.9. The number of benzene rings is 2. The maximum Gasteiger partial charge on any atom is 0.254 e. The van der Waals surface area contributed by atoms with Gasteiger partial charge in [0.1, 0.15) is 12.1 Å². The zero-order chi connectivity index (χ0) is 30.4. The number of hydrogen-bond acceptors (Lipinski definition) is 9. The van der Waals surface area contributed by atoms with Crippen molar-refractivity contribution < 1.29 is 13.9 Å². The molecule has 0 radical (unpaired) electrons. The van der Waals surface area contributed by atoms with E-state index >= 15 is 0 Å². The Hall–Kier alpha value is -3.96. The third kappa shape index (κ3) is 6.03. The largest absolute Gasteiger partial charge is 0.475 e. The molecule has 1 atom stereocenters. The topological polar surface area (TPSA) is 106 Å². The van der Waals surface area contributed by atoms with E-state index in [1.807, 2.05) is 41.3 Å². The highest BCUT2D eigenvalue weighted by atomic mass is 79.9. The molecule has 0 saturated heterocycles. The number of aromatic nitrogens is 4. The molecular weight excluding hydrogens is 640 g/mol. The van der Waals surface area contributed by atoms with Crippen molar-refractivity contribution in [3.05, 3.63) is 87.8 Å². The normalized spacial score (nSPS) is 17.7. The van der Waals surface area contributed by atoms with E-state index in [-0.39, 0.29) is 30.5 Å². The van der Waals surface area contributed by atoms with E-state index in [0.29, 0.717) is 39.0 Å². The fourth-order valence-electron chi connectivity index (χ4n) is 5.73. The Kier molecular flexibility index (Phi) is 7.54. The summed E-state index contributed by atoms with van der Waals surface area (Å²) in [4.78, 5) is 35.9. The zero-order valence-electron chi connectivity index (χ0n) is 24.6. The quantitative estimate of drug-likeness (QED) is 0.188. The van der Waals surface area contributed by atoms with Crippen LogP contribution in [0.15, 0.2) is 74.8 Å². The Morgan fingerprint density at radius 2 is 1.86 bits per heavy atom. The third-order valence-corrected chi connectivity index (χ3v) is 9.49. The predicted octanol–water partition coefficient (Wildman–Crippen LogP) is 7.77. The SMILES string of the molecule is Cc1cccc(C)c1-c1cc2nc(n1)NSc1cccc(c1)C(=O)N(Cc1cnc3oc(Br)cc3n1)[C@H](CC1(C)CC1)CO2. The Bertz CT molecular complexity index is 1870. The summed E-state index contributed by atoms with van der Waals surface area (Å²) in [7, 11) is 0. The highest BCUT2D eigenvalue weighted by Gasteiger charge is 2.42. The van der Waals surface area contributed by atoms with E-state index in [4.69, 9.17) is 24.1 Å². The van der Waals surface area contributed by atoms with Gasteiger partial charge in [-0.2, -0.15) is 4.98 Å². The minimum atomic E-state index is -0.240. The first-order valence-electron chi connectivity index (χ1n) is 14.6. The fourth-order valence-corrected chi connectivity index (χ4v) is 6.73. The lowest BCUT2D eigenvalue weighted by atomic mass is 9.97. The molecule has 0 unspecified atom stereocenters. The molecule has 1 amide bonds. The monoisotopic (exact) mass is 670 g/mol. The first-order valence-corrected chi connectivity index (χ1v) is 16.2. The van der Waals surface area contributed by atoms with Crippen LogP contribution in [0.1, 0.15) is 53.4 Å². The number of halogens is 1. The van der Waals surface area contributed by atoms with E-state index < -0.39 is 0 Å². The molecule has 1 N–H and O–H groups in total. The molecule has 9 nitrogen and oxygen atoms in total. The number of carbonyl (C=O) groups excluding carboxylic acids is 1. The van der Waals surface area contributed by atoms with Crippen molar-refractivity contribution in [3.8, 4) is 17.1 Å². The minimum Gasteiger partial charge on any atom is -0.475 e. The highest BCUT2D eigenvalue weighted by Crippen LogP contribution is 2.49. The lowest BCUT2D eigenvalue weighted by Crippen LogP contribution is -2.44. The van der Waals surface area contributed by atoms with Crippen LogP contribution in [-0.2, 0) is 6.54 Å². The van der Waals surface area contributed by atoms with Crippen molar-refractivity contribution in [3.63, 3.8) is 0 Å². The Morgan fingerprint density at radius 1 is 1.07 bits per heavy atom. The van der Waals surface area contributed by atoms with Gasteiger partial charge in [-0.05, 0) is 95.7 Å². The molecule has 2 aromatic carbocycles. The predicted molar refractivity (Wildman–Crippen MR) is 173 cm³/mol. The minimum absolute atomic E-state index is 0.0890. The molecule has 1 aliphatic heterocycles. The molecule has 4 heterocycles. The van der Waals surface area contributed by atoms with E-state index in [0.717, 1.165) is 46.5 Å². The zero-order valence-corrected chi connectivity index (χ0v) is 27.0. The molecule has 0 spiro atoms. The third-order valence-electron chi connectivity index (χ3n) is 8.33. The van der Waals surface area contributed by atoms with Gasteiger partial charge in [0.05, 0.1) is 30.2 Å². The Balaban J connectivity index is 1.31. The lowest BCUT2D eigenvalue weighted by molar-refractivity contribution is 0.0537. The van der Waals surface area contributed by atoms with Crippen LogP contribution in [-0.4, -0.2) is 43.4 Å². The first-order chi connectivity index (χ1) is 21.2. The van der Waals surface area contributed by atoms with Crippen LogP contribution in [0, 0.1) is 19.3 Å². The van der Waals surface area contributed by atoms with Gasteiger partial charge >= 0.3 is 0 Å². The van der Waals surface area contributed by atoms with E-state index in [2.05, 4.69) is 58.5 Å². The summed E-state index contributed by atoms with van der Waals surface area (Å²) in [6, 6.07) is 17.3. The molecule has 224 valence electrons. The summed E-state index contributed by atoms with van der Waals surface area (Å²) < 4.78 is 15.9. The van der Waals surface area contributed by atoms with Crippen LogP contribution in [0.5, 0.6) is 5.88 Å². The van der Waals surface area contributed by atoms with Gasteiger partial charge in [-0.1, -0.05) is 31.2 Å². The standard InChI is InChI=1S/C33H31BrN6O3S/c1-19-6-4-7-20(2)29(19)25-14-28-38-32(37-25)39-44-24-9-5-8-21(12-24)31(41)40(23(18-42-28)15-33(3)10-11-33)17-22-16-35-30-26(36-22)13-27(34)43-30/h4-9,12-14,16,23H,10-11,15,17-18H2,1-3H3,(H,37,38,39)/t23-/m1/s1. The average molecular weight is 672 g/mol. The number of hydrogen-bond donors (Lipinski definition) is 1. The maximum absolute atomic E-state index is 14.3. The summed E-state index contributed by atoms with van der Waals surface area (Å²) in [5, 5.41) is 0. The second-order valence-corrected chi connectivity index (χ2v) is 13.6. The molecule has 1 saturated carbocycles. The molecule has 4 bridgehead atoms. The number of nitrogens with zero attached hydrogens (tertiary/aromatic N) is 5. The number of aryl methyl sites for hydroxylation is 2. The molecule has 1 fully saturated rings. The molecule has 3 aromatic heterocycles. The fraction of sp³-hybridized carbons (Fsp3) is 0.303. The molecule has 2 aliphatic rings. The van der Waals surface area contributed by atoms with Crippen LogP contribution in [0.2, 0.25) is 0 Å². The first kappa shape index (κ1) is 28.8. The van der Waals surface area contributed by atoms with Crippen LogP contribution in [0.25, 0.3) is 22.5 Å². The van der Waals surface area contributed by atoms with Gasteiger partial charge in [0, 0.05) is 28.2 Å². The summed E-state index contributed by atoms with van der Waals surface area (Å²) in [6.07, 6.45) is 4.70. The average Bonchev–Trinajstić information content (AvgIpc) is 3.61. The van der Waals surface area contributed by atoms with Crippen LogP contribution in [0.4, 0.5) is 5.95 Å². The molecule has 1 aliphatic carbocycles. The van der Waals surface area contributed by atoms with Crippen molar-refractivity contribution in [2.45, 2.75) is 57.5 Å². The summed E-state index contributed by atoms with van der Waals surface area (Å²) in [5.41, 5.74) is 6.56. The van der Waals surface area contributed by atoms with Gasteiger partial charge in [-0.25, -0.2) is 15.0 Å². The van der Waals surface area contributed by atoms with Crippen LogP contribution in [0.3, 0.4) is 0 Å². The molecule has 44 heavy (non-hydrogen) atoms. The Morgan fingerprint density at radius 3 is 2.66 bits per heavy atom. The van der Waals surface area contributed by atoms with Crippen molar-refractivity contribution in [1.29, 1.82) is 0 Å². The molecule has 11 heteroatoms. The van der Waals surface area contributed by atoms with Gasteiger partial charge < -0.3 is 14.1 Å². The number of ether oxygens (including phenoxy) is 1. The number of fused-ring (bicyclic) bond motifs is 5. The van der Waals surface area contributed by atoms with Crippen LogP contribution >= 0.6 is 27.9 Å². The van der Waals surface area contributed by atoms with E-state index in [1.165, 1.54) is 11.9 Å². The lowest BCUT2D eigenvalue weighted by Gasteiger charge is -2.33. The number of rotatable bonds is 5. The maximum atomic E-state index is 14.3. The summed E-state index contributed by atoms with van der Waals surface area (Å²) in [5.74, 6) is 0.807. The second kappa shape index (κ2) is 11.5. The van der Waals surface area contributed by atoms with Crippen molar-refractivity contribution >= 4 is 51.0 Å². The molecule has 5 aromatic rings. The smallest absolute Gasteiger partial charge is 0.254 e. The van der Waals surface area contributed by atoms with Crippen molar-refractivity contribution in [2.24, 2.45) is 5.41 Å². The van der Waals surface area contributed by atoms with E-state index in [9.17, 15) is 4.79 Å². The van der Waals surface area contributed by atoms with Gasteiger partial charge in [-0.3, -0.25) is 9.52 Å². The van der Waals surface area contributed by atoms with E-state index in [1.54, 1.807) is 12.3 Å². The molecule has 7 rings (SSSR count). The molecular formula is C33H31BrN6O3S. The summed E-state index contributed by atoms with van der Waals surface area (Å²) in [6.45, 7) is 6.98. The summed E-state index contributed by atoms with van der Waals surface area (Å²) >= 11 is 4.72. The number of anilines is 1. The number of carbonyl (C=O) groups is 1. The Labute approximate surface area is 268 Å². The van der Waals surface area contributed by atoms with Gasteiger partial charge in [0.15, 0.2) is 4.67 Å². The van der Waals surface area contributed by atoms with Gasteiger partial charge in [-0.15, -0.1) is 0 Å². The van der Waals surface area contributed by atoms with Crippen LogP contribution < -0.4 is 9.46 Å². The number of nitrogens with one attached hydrogen (secondary N) is 1. The van der Waals surface area contributed by atoms with Gasteiger partial charge in [0.2, 0.25) is 17.5 Å². The highest BCUT2D eigenvalue weighted by molar-refractivity contribution is 9.10. The number of furan rings is 1. The number of amides is 1.